The minimum Gasteiger partial charge on any atom is -0.389 e. The van der Waals surface area contributed by atoms with E-state index in [9.17, 15) is 18.0 Å². The highest BCUT2D eigenvalue weighted by Crippen LogP contribution is 2.25. The number of oxime groups is 1. The number of halogens is 3. The standard InChI is InChI=1S/C25H23F3N6O2S/c1-16(29)32-24-33-20(15-37-24)14-36-31-12-18-6-8-34-22(13-30-23(34)11-18)19-4-2-3-17(9-19)10-21(35)5-7-25(26,27)28/h2-4,6,8-9,11-13,15H,5,7,10,14H2,1H3,(H2,29,32,33). The molecule has 0 radical (unpaired) electrons. The number of aliphatic imine (C=N–C) groups is 1. The molecule has 0 unspecified atom stereocenters. The number of carbonyl (C=O) groups is 1. The summed E-state index contributed by atoms with van der Waals surface area (Å²) in [6.45, 7) is 1.88. The molecular formula is C25H23F3N6O2S. The van der Waals surface area contributed by atoms with Gasteiger partial charge in [-0.15, -0.1) is 11.3 Å². The van der Waals surface area contributed by atoms with Crippen molar-refractivity contribution in [2.45, 2.75) is 39.0 Å². The van der Waals surface area contributed by atoms with Gasteiger partial charge in [0.05, 0.1) is 36.1 Å². The van der Waals surface area contributed by atoms with Crippen LogP contribution in [0.2, 0.25) is 0 Å². The monoisotopic (exact) mass is 528 g/mol. The molecule has 0 saturated heterocycles. The minimum atomic E-state index is -4.34. The number of thiazole rings is 1. The molecule has 1 aromatic carbocycles. The van der Waals surface area contributed by atoms with Gasteiger partial charge in [0.15, 0.2) is 6.61 Å². The van der Waals surface area contributed by atoms with Crippen molar-refractivity contribution in [1.29, 1.82) is 0 Å². The predicted molar refractivity (Wildman–Crippen MR) is 136 cm³/mol. The van der Waals surface area contributed by atoms with Crippen LogP contribution in [-0.2, 0) is 22.7 Å². The van der Waals surface area contributed by atoms with E-state index in [1.54, 1.807) is 37.5 Å². The van der Waals surface area contributed by atoms with Crippen LogP contribution in [0.1, 0.15) is 36.6 Å². The number of ketones is 1. The summed E-state index contributed by atoms with van der Waals surface area (Å²) in [5, 5.41) is 6.37. The Labute approximate surface area is 214 Å². The van der Waals surface area contributed by atoms with Crippen molar-refractivity contribution in [1.82, 2.24) is 14.4 Å². The lowest BCUT2D eigenvalue weighted by atomic mass is 10.0. The molecule has 8 nitrogen and oxygen atoms in total. The van der Waals surface area contributed by atoms with Crippen molar-refractivity contribution in [3.63, 3.8) is 0 Å². The number of pyridine rings is 1. The molecule has 12 heteroatoms. The second-order valence-corrected chi connectivity index (χ2v) is 9.08. The topological polar surface area (TPSA) is 107 Å². The van der Waals surface area contributed by atoms with E-state index in [2.05, 4.69) is 20.1 Å². The van der Waals surface area contributed by atoms with Crippen LogP contribution in [0.25, 0.3) is 16.9 Å². The molecule has 0 bridgehead atoms. The Bertz CT molecular complexity index is 1450. The van der Waals surface area contributed by atoms with Gasteiger partial charge in [-0.1, -0.05) is 23.4 Å². The molecule has 0 atom stereocenters. The van der Waals surface area contributed by atoms with Gasteiger partial charge in [-0.2, -0.15) is 13.2 Å². The van der Waals surface area contributed by atoms with Crippen LogP contribution < -0.4 is 5.73 Å². The minimum absolute atomic E-state index is 0.0522. The fourth-order valence-corrected chi connectivity index (χ4v) is 4.22. The molecule has 0 aliphatic rings. The maximum Gasteiger partial charge on any atom is 0.389 e. The van der Waals surface area contributed by atoms with Gasteiger partial charge < -0.3 is 10.6 Å². The van der Waals surface area contributed by atoms with Crippen LogP contribution >= 0.6 is 11.3 Å². The van der Waals surface area contributed by atoms with Crippen LogP contribution in [0, 0.1) is 0 Å². The van der Waals surface area contributed by atoms with Crippen LogP contribution in [0.3, 0.4) is 0 Å². The summed E-state index contributed by atoms with van der Waals surface area (Å²) in [7, 11) is 0. The predicted octanol–water partition coefficient (Wildman–Crippen LogP) is 5.47. The first-order chi connectivity index (χ1) is 17.7. The molecule has 0 fully saturated rings. The maximum atomic E-state index is 12.4. The van der Waals surface area contributed by atoms with Crippen molar-refractivity contribution in [3.05, 3.63) is 71.0 Å². The molecule has 37 heavy (non-hydrogen) atoms. The quantitative estimate of drug-likeness (QED) is 0.167. The molecule has 4 rings (SSSR count). The van der Waals surface area contributed by atoms with E-state index in [-0.39, 0.29) is 13.0 Å². The van der Waals surface area contributed by atoms with E-state index < -0.39 is 24.8 Å². The van der Waals surface area contributed by atoms with Gasteiger partial charge in [-0.05, 0) is 30.7 Å². The van der Waals surface area contributed by atoms with Crippen LogP contribution in [0.5, 0.6) is 0 Å². The number of benzene rings is 1. The number of hydrogen-bond donors (Lipinski definition) is 1. The van der Waals surface area contributed by atoms with E-state index in [0.717, 1.165) is 16.8 Å². The number of imidazole rings is 1. The highest BCUT2D eigenvalue weighted by Gasteiger charge is 2.27. The number of aromatic nitrogens is 3. The van der Waals surface area contributed by atoms with Crippen LogP contribution in [-0.4, -0.2) is 38.4 Å². The Kier molecular flexibility index (Phi) is 7.97. The first kappa shape index (κ1) is 26.0. The number of hydrogen-bond acceptors (Lipinski definition) is 7. The highest BCUT2D eigenvalue weighted by molar-refractivity contribution is 7.13. The summed E-state index contributed by atoms with van der Waals surface area (Å²) in [6.07, 6.45) is -0.924. The number of nitrogens with two attached hydrogens (primary N) is 1. The zero-order valence-electron chi connectivity index (χ0n) is 19.8. The molecule has 4 aromatic rings. The lowest BCUT2D eigenvalue weighted by molar-refractivity contribution is -0.143. The van der Waals surface area contributed by atoms with Gasteiger partial charge in [0, 0.05) is 35.5 Å². The normalized spacial score (nSPS) is 12.5. The summed E-state index contributed by atoms with van der Waals surface area (Å²) >= 11 is 1.36. The van der Waals surface area contributed by atoms with Gasteiger partial charge in [-0.3, -0.25) is 9.20 Å². The molecule has 0 amide bonds. The SMILES string of the molecule is CC(N)=Nc1nc(CON=Cc2ccn3c(-c4cccc(CC(=O)CCC(F)(F)F)c4)cnc3c2)cs1. The fraction of sp³-hybridized carbons (Fsp3) is 0.240. The van der Waals surface area contributed by atoms with E-state index in [1.165, 1.54) is 11.3 Å². The third kappa shape index (κ3) is 7.46. The first-order valence-corrected chi connectivity index (χ1v) is 12.1. The van der Waals surface area contributed by atoms with Gasteiger partial charge in [0.2, 0.25) is 5.13 Å². The number of carbonyl (C=O) groups excluding carboxylic acids is 1. The average molecular weight is 529 g/mol. The highest BCUT2D eigenvalue weighted by atomic mass is 32.1. The summed E-state index contributed by atoms with van der Waals surface area (Å²) < 4.78 is 39.0. The molecule has 192 valence electrons. The van der Waals surface area contributed by atoms with Gasteiger partial charge in [-0.25, -0.2) is 15.0 Å². The third-order valence-corrected chi connectivity index (χ3v) is 5.93. The molecule has 3 heterocycles. The van der Waals surface area contributed by atoms with E-state index >= 15 is 0 Å². The second kappa shape index (κ2) is 11.3. The average Bonchev–Trinajstić information content (AvgIpc) is 3.46. The van der Waals surface area contributed by atoms with Gasteiger partial charge >= 0.3 is 6.18 Å². The van der Waals surface area contributed by atoms with Crippen molar-refractivity contribution in [2.24, 2.45) is 15.9 Å². The number of nitrogens with zero attached hydrogens (tertiary/aromatic N) is 5. The first-order valence-electron chi connectivity index (χ1n) is 11.2. The summed E-state index contributed by atoms with van der Waals surface area (Å²) in [5.74, 6) is -0.0202. The Morgan fingerprint density at radius 3 is 2.89 bits per heavy atom. The zero-order chi connectivity index (χ0) is 26.4. The van der Waals surface area contributed by atoms with Crippen molar-refractivity contribution in [3.8, 4) is 11.3 Å². The van der Waals surface area contributed by atoms with Crippen LogP contribution in [0.15, 0.2) is 64.3 Å². The summed E-state index contributed by atoms with van der Waals surface area (Å²) in [6, 6.07) is 10.8. The van der Waals surface area contributed by atoms with Crippen molar-refractivity contribution < 1.29 is 22.8 Å². The molecule has 0 saturated carbocycles. The fourth-order valence-electron chi connectivity index (χ4n) is 3.49. The zero-order valence-corrected chi connectivity index (χ0v) is 20.6. The molecule has 3 aromatic heterocycles. The second-order valence-electron chi connectivity index (χ2n) is 8.25. The lowest BCUT2D eigenvalue weighted by Gasteiger charge is -2.07. The number of amidine groups is 1. The Balaban J connectivity index is 1.39. The Morgan fingerprint density at radius 1 is 1.27 bits per heavy atom. The molecular weight excluding hydrogens is 505 g/mol. The Hall–Kier alpha value is -4.06. The van der Waals surface area contributed by atoms with Crippen molar-refractivity contribution >= 4 is 39.9 Å². The molecule has 0 aliphatic heterocycles. The van der Waals surface area contributed by atoms with Gasteiger partial charge in [0.25, 0.3) is 0 Å². The lowest BCUT2D eigenvalue weighted by Crippen LogP contribution is -2.12. The number of fused-ring (bicyclic) bond motifs is 1. The summed E-state index contributed by atoms with van der Waals surface area (Å²) in [5.41, 5.74) is 9.93. The van der Waals surface area contributed by atoms with E-state index in [4.69, 9.17) is 10.6 Å². The number of Topliss-reactive ketones (excluding diaryl/α,β-unsaturated/α-hetero) is 1. The molecule has 0 aliphatic carbocycles. The maximum absolute atomic E-state index is 12.4. The largest absolute Gasteiger partial charge is 0.389 e. The van der Waals surface area contributed by atoms with E-state index in [1.807, 2.05) is 34.2 Å². The van der Waals surface area contributed by atoms with Crippen LogP contribution in [0.4, 0.5) is 18.3 Å². The van der Waals surface area contributed by atoms with Crippen molar-refractivity contribution in [2.75, 3.05) is 0 Å². The van der Waals surface area contributed by atoms with E-state index in [0.29, 0.717) is 27.9 Å². The smallest absolute Gasteiger partial charge is 0.389 e. The van der Waals surface area contributed by atoms with Gasteiger partial charge in [0.1, 0.15) is 11.4 Å². The third-order valence-electron chi connectivity index (χ3n) is 5.15. The molecule has 0 spiro atoms. The number of alkyl halides is 3. The number of rotatable bonds is 10. The summed E-state index contributed by atoms with van der Waals surface area (Å²) in [4.78, 5) is 30.1. The Morgan fingerprint density at radius 2 is 2.11 bits per heavy atom. The molecule has 2 N–H and O–H groups in total.